The fourth-order valence-electron chi connectivity index (χ4n) is 2.77. The Morgan fingerprint density at radius 1 is 1.17 bits per heavy atom. The average Bonchev–Trinajstić information content (AvgIpc) is 2.68. The quantitative estimate of drug-likeness (QED) is 0.485. The van der Waals surface area contributed by atoms with E-state index in [1.54, 1.807) is 24.0 Å². The predicted molar refractivity (Wildman–Crippen MR) is 125 cm³/mol. The van der Waals surface area contributed by atoms with Gasteiger partial charge in [0.25, 0.3) is 0 Å². The van der Waals surface area contributed by atoms with Gasteiger partial charge in [0.1, 0.15) is 11.9 Å². The van der Waals surface area contributed by atoms with Gasteiger partial charge >= 0.3 is 0 Å². The van der Waals surface area contributed by atoms with Crippen molar-refractivity contribution >= 4 is 51.1 Å². The van der Waals surface area contributed by atoms with Crippen LogP contribution in [0, 0.1) is 5.82 Å². The molecule has 162 valence electrons. The molecule has 4 nitrogen and oxygen atoms in total. The minimum absolute atomic E-state index is 0.0258. The maximum atomic E-state index is 14.0. The van der Waals surface area contributed by atoms with E-state index in [2.05, 4.69) is 21.2 Å². The number of rotatable bonds is 9. The summed E-state index contributed by atoms with van der Waals surface area (Å²) in [4.78, 5) is 27.1. The van der Waals surface area contributed by atoms with Crippen LogP contribution in [0.5, 0.6) is 0 Å². The van der Waals surface area contributed by atoms with Crippen LogP contribution >= 0.6 is 39.3 Å². The molecule has 0 radical (unpaired) electrons. The molecule has 0 aromatic heterocycles. The number of amides is 2. The Hall–Kier alpha value is -1.57. The first-order valence-electron chi connectivity index (χ1n) is 9.54. The Balaban J connectivity index is 2.10. The number of carbonyl (C=O) groups is 2. The van der Waals surface area contributed by atoms with Crippen LogP contribution in [-0.2, 0) is 21.9 Å². The van der Waals surface area contributed by atoms with Crippen molar-refractivity contribution in [3.8, 4) is 0 Å². The van der Waals surface area contributed by atoms with Crippen LogP contribution in [0.2, 0.25) is 5.02 Å². The van der Waals surface area contributed by atoms with Crippen molar-refractivity contribution in [2.75, 3.05) is 5.75 Å². The van der Waals surface area contributed by atoms with Crippen LogP contribution in [-0.4, -0.2) is 34.6 Å². The second kappa shape index (κ2) is 11.7. The van der Waals surface area contributed by atoms with Crippen molar-refractivity contribution < 1.29 is 14.0 Å². The fraction of sp³-hybridized carbons (Fsp3) is 0.364. The van der Waals surface area contributed by atoms with Crippen molar-refractivity contribution in [2.45, 2.75) is 45.2 Å². The minimum atomic E-state index is -0.638. The van der Waals surface area contributed by atoms with Gasteiger partial charge in [0.15, 0.2) is 0 Å². The first-order valence-corrected chi connectivity index (χ1v) is 11.9. The third kappa shape index (κ3) is 7.29. The van der Waals surface area contributed by atoms with Gasteiger partial charge in [-0.25, -0.2) is 4.39 Å². The lowest BCUT2D eigenvalue weighted by atomic mass is 10.1. The smallest absolute Gasteiger partial charge is 0.242 e. The van der Waals surface area contributed by atoms with Gasteiger partial charge in [0, 0.05) is 33.4 Å². The van der Waals surface area contributed by atoms with Crippen LogP contribution in [0.25, 0.3) is 0 Å². The molecule has 0 saturated heterocycles. The molecular weight excluding hydrogens is 491 g/mol. The van der Waals surface area contributed by atoms with Gasteiger partial charge in [0.05, 0.1) is 5.75 Å². The molecule has 1 atom stereocenters. The zero-order chi connectivity index (χ0) is 22.3. The highest BCUT2D eigenvalue weighted by molar-refractivity contribution is 9.10. The van der Waals surface area contributed by atoms with E-state index in [-0.39, 0.29) is 35.2 Å². The zero-order valence-corrected chi connectivity index (χ0v) is 20.3. The van der Waals surface area contributed by atoms with E-state index in [0.717, 1.165) is 10.0 Å². The van der Waals surface area contributed by atoms with Gasteiger partial charge in [-0.3, -0.25) is 9.59 Å². The molecule has 0 spiro atoms. The molecular formula is C22H25BrClFN2O2S. The molecule has 2 aromatic rings. The van der Waals surface area contributed by atoms with Crippen LogP contribution < -0.4 is 5.32 Å². The summed E-state index contributed by atoms with van der Waals surface area (Å²) in [6, 6.07) is 11.5. The minimum Gasteiger partial charge on any atom is -0.352 e. The second-order valence-electron chi connectivity index (χ2n) is 7.18. The van der Waals surface area contributed by atoms with Crippen LogP contribution in [0.1, 0.15) is 31.9 Å². The van der Waals surface area contributed by atoms with Crippen molar-refractivity contribution in [3.63, 3.8) is 0 Å². The molecule has 2 aromatic carbocycles. The van der Waals surface area contributed by atoms with Gasteiger partial charge in [-0.1, -0.05) is 45.7 Å². The van der Waals surface area contributed by atoms with Crippen molar-refractivity contribution in [1.29, 1.82) is 0 Å². The molecule has 1 N–H and O–H groups in total. The molecule has 0 fully saturated rings. The van der Waals surface area contributed by atoms with Crippen molar-refractivity contribution in [2.24, 2.45) is 0 Å². The molecule has 0 unspecified atom stereocenters. The third-order valence-corrected chi connectivity index (χ3v) is 6.22. The number of benzene rings is 2. The second-order valence-corrected chi connectivity index (χ2v) is 9.49. The van der Waals surface area contributed by atoms with Gasteiger partial charge < -0.3 is 10.2 Å². The number of thioether (sulfide) groups is 1. The molecule has 8 heteroatoms. The zero-order valence-electron chi connectivity index (χ0n) is 17.1. The topological polar surface area (TPSA) is 49.4 Å². The highest BCUT2D eigenvalue weighted by Crippen LogP contribution is 2.24. The van der Waals surface area contributed by atoms with Gasteiger partial charge in [0.2, 0.25) is 11.8 Å². The Kier molecular flexibility index (Phi) is 9.65. The van der Waals surface area contributed by atoms with Crippen LogP contribution in [0.4, 0.5) is 4.39 Å². The summed E-state index contributed by atoms with van der Waals surface area (Å²) in [6.07, 6.45) is 0. The van der Waals surface area contributed by atoms with E-state index in [4.69, 9.17) is 11.6 Å². The molecule has 0 saturated carbocycles. The van der Waals surface area contributed by atoms with Crippen molar-refractivity contribution in [1.82, 2.24) is 10.2 Å². The predicted octanol–water partition coefficient (Wildman–Crippen LogP) is 5.42. The van der Waals surface area contributed by atoms with E-state index >= 15 is 0 Å². The third-order valence-electron chi connectivity index (χ3n) is 4.40. The normalized spacial score (nSPS) is 12.0. The van der Waals surface area contributed by atoms with Crippen LogP contribution in [0.3, 0.4) is 0 Å². The number of nitrogens with zero attached hydrogens (tertiary/aromatic N) is 1. The van der Waals surface area contributed by atoms with E-state index in [9.17, 15) is 14.0 Å². The highest BCUT2D eigenvalue weighted by Gasteiger charge is 2.26. The largest absolute Gasteiger partial charge is 0.352 e. The SMILES string of the molecule is CC(C)NC(=O)[C@H](C)N(Cc1ccc(Br)cc1)C(=O)CSCc1c(F)cccc1Cl. The van der Waals surface area contributed by atoms with Gasteiger partial charge in [-0.05, 0) is 50.6 Å². The number of hydrogen-bond donors (Lipinski definition) is 1. The lowest BCUT2D eigenvalue weighted by molar-refractivity contribution is -0.138. The first kappa shape index (κ1) is 24.7. The molecule has 2 amide bonds. The van der Waals surface area contributed by atoms with E-state index in [1.165, 1.54) is 17.8 Å². The van der Waals surface area contributed by atoms with Gasteiger partial charge in [-0.2, -0.15) is 0 Å². The van der Waals surface area contributed by atoms with E-state index < -0.39 is 6.04 Å². The summed E-state index contributed by atoms with van der Waals surface area (Å²) in [5, 5.41) is 3.19. The summed E-state index contributed by atoms with van der Waals surface area (Å²) < 4.78 is 14.9. The molecule has 0 bridgehead atoms. The van der Waals surface area contributed by atoms with Gasteiger partial charge in [-0.15, -0.1) is 11.8 Å². The molecule has 30 heavy (non-hydrogen) atoms. The fourth-order valence-corrected chi connectivity index (χ4v) is 4.28. The monoisotopic (exact) mass is 514 g/mol. The number of carbonyl (C=O) groups excluding carboxylic acids is 2. The summed E-state index contributed by atoms with van der Waals surface area (Å²) in [5.41, 5.74) is 1.29. The lowest BCUT2D eigenvalue weighted by Gasteiger charge is -2.29. The average molecular weight is 516 g/mol. The van der Waals surface area contributed by atoms with Crippen LogP contribution in [0.15, 0.2) is 46.9 Å². The molecule has 0 heterocycles. The molecule has 0 aliphatic rings. The van der Waals surface area contributed by atoms with Crippen molar-refractivity contribution in [3.05, 3.63) is 68.9 Å². The lowest BCUT2D eigenvalue weighted by Crippen LogP contribution is -2.49. The van der Waals surface area contributed by atoms with E-state index in [1.807, 2.05) is 38.1 Å². The molecule has 2 rings (SSSR count). The summed E-state index contributed by atoms with van der Waals surface area (Å²) in [5.74, 6) is -0.408. The Morgan fingerprint density at radius 2 is 1.83 bits per heavy atom. The standard InChI is InChI=1S/C22H25BrClFN2O2S/c1-14(2)26-22(29)15(3)27(11-16-7-9-17(23)10-8-16)21(28)13-30-12-18-19(24)5-4-6-20(18)25/h4-10,14-15H,11-13H2,1-3H3,(H,26,29)/t15-/m0/s1. The number of halogens is 3. The Labute approximate surface area is 194 Å². The Bertz CT molecular complexity index is 860. The number of nitrogens with one attached hydrogen (secondary N) is 1. The summed E-state index contributed by atoms with van der Waals surface area (Å²) in [6.45, 7) is 5.77. The molecule has 0 aliphatic heterocycles. The van der Waals surface area contributed by atoms with E-state index in [0.29, 0.717) is 17.1 Å². The summed E-state index contributed by atoms with van der Waals surface area (Å²) >= 11 is 10.7. The highest BCUT2D eigenvalue weighted by atomic mass is 79.9. The Morgan fingerprint density at radius 3 is 2.43 bits per heavy atom. The maximum Gasteiger partial charge on any atom is 0.242 e. The number of hydrogen-bond acceptors (Lipinski definition) is 3. The molecule has 0 aliphatic carbocycles. The summed E-state index contributed by atoms with van der Waals surface area (Å²) in [7, 11) is 0. The first-order chi connectivity index (χ1) is 14.2. The maximum absolute atomic E-state index is 14.0.